The van der Waals surface area contributed by atoms with Crippen LogP contribution in [0.4, 0.5) is 5.95 Å². The SMILES string of the molecule is CCCCSc1nc2n(n1)C(c1ccc(OCCC)cc1)C(C(N)=O)=C(C)N2. The van der Waals surface area contributed by atoms with Crippen molar-refractivity contribution in [2.45, 2.75) is 51.2 Å². The highest BCUT2D eigenvalue weighted by Gasteiger charge is 2.33. The summed E-state index contributed by atoms with van der Waals surface area (Å²) in [7, 11) is 0. The number of carbonyl (C=O) groups is 1. The summed E-state index contributed by atoms with van der Waals surface area (Å²) in [6, 6.07) is 7.31. The molecule has 150 valence electrons. The van der Waals surface area contributed by atoms with Crippen molar-refractivity contribution in [1.82, 2.24) is 14.8 Å². The number of anilines is 1. The molecule has 0 bridgehead atoms. The fourth-order valence-electron chi connectivity index (χ4n) is 3.09. The molecule has 1 amide bonds. The van der Waals surface area contributed by atoms with Gasteiger partial charge in [0.25, 0.3) is 0 Å². The van der Waals surface area contributed by atoms with E-state index in [0.717, 1.165) is 36.3 Å². The number of fused-ring (bicyclic) bond motifs is 1. The van der Waals surface area contributed by atoms with Gasteiger partial charge < -0.3 is 15.8 Å². The van der Waals surface area contributed by atoms with Gasteiger partial charge in [-0.3, -0.25) is 4.79 Å². The Balaban J connectivity index is 1.95. The third kappa shape index (κ3) is 4.32. The number of amides is 1. The van der Waals surface area contributed by atoms with Crippen LogP contribution in [0.15, 0.2) is 40.7 Å². The van der Waals surface area contributed by atoms with Crippen LogP contribution in [0.3, 0.4) is 0 Å². The molecule has 2 aromatic rings. The van der Waals surface area contributed by atoms with Crippen molar-refractivity contribution in [1.29, 1.82) is 0 Å². The number of benzene rings is 1. The molecular weight excluding hydrogens is 374 g/mol. The Bertz CT molecular complexity index is 860. The predicted molar refractivity (Wildman–Crippen MR) is 112 cm³/mol. The number of nitrogens with one attached hydrogen (secondary N) is 1. The van der Waals surface area contributed by atoms with Gasteiger partial charge in [0.1, 0.15) is 11.8 Å². The van der Waals surface area contributed by atoms with Crippen LogP contribution >= 0.6 is 11.8 Å². The minimum atomic E-state index is -0.470. The number of ether oxygens (including phenoxy) is 1. The van der Waals surface area contributed by atoms with Crippen LogP contribution in [0.25, 0.3) is 0 Å². The molecule has 1 aliphatic heterocycles. The first-order chi connectivity index (χ1) is 13.5. The van der Waals surface area contributed by atoms with E-state index < -0.39 is 11.9 Å². The summed E-state index contributed by atoms with van der Waals surface area (Å²) in [5.74, 6) is 1.92. The van der Waals surface area contributed by atoms with Crippen molar-refractivity contribution < 1.29 is 9.53 Å². The van der Waals surface area contributed by atoms with Gasteiger partial charge in [-0.25, -0.2) is 4.68 Å². The average molecular weight is 402 g/mol. The molecule has 1 aromatic heterocycles. The number of thioether (sulfide) groups is 1. The highest BCUT2D eigenvalue weighted by molar-refractivity contribution is 7.99. The topological polar surface area (TPSA) is 95.1 Å². The minimum Gasteiger partial charge on any atom is -0.494 e. The predicted octanol–water partition coefficient (Wildman–Crippen LogP) is 3.73. The summed E-state index contributed by atoms with van der Waals surface area (Å²) in [6.07, 6.45) is 3.18. The number of hydrogen-bond acceptors (Lipinski definition) is 6. The Labute approximate surface area is 169 Å². The van der Waals surface area contributed by atoms with Gasteiger partial charge in [0.2, 0.25) is 17.0 Å². The molecule has 0 saturated carbocycles. The quantitative estimate of drug-likeness (QED) is 0.491. The van der Waals surface area contributed by atoms with E-state index >= 15 is 0 Å². The molecule has 28 heavy (non-hydrogen) atoms. The van der Waals surface area contributed by atoms with Crippen LogP contribution < -0.4 is 15.8 Å². The first-order valence-electron chi connectivity index (χ1n) is 9.64. The van der Waals surface area contributed by atoms with Crippen molar-refractivity contribution in [2.24, 2.45) is 5.73 Å². The largest absolute Gasteiger partial charge is 0.494 e. The molecule has 0 fully saturated rings. The molecule has 2 heterocycles. The van der Waals surface area contributed by atoms with Gasteiger partial charge in [-0.2, -0.15) is 4.98 Å². The third-order valence-electron chi connectivity index (χ3n) is 4.50. The first-order valence-corrected chi connectivity index (χ1v) is 10.6. The Morgan fingerprint density at radius 3 is 2.68 bits per heavy atom. The Morgan fingerprint density at radius 1 is 1.29 bits per heavy atom. The molecule has 0 saturated heterocycles. The Morgan fingerprint density at radius 2 is 2.04 bits per heavy atom. The molecule has 7 nitrogen and oxygen atoms in total. The van der Waals surface area contributed by atoms with Crippen LogP contribution in [0.2, 0.25) is 0 Å². The van der Waals surface area contributed by atoms with Gasteiger partial charge in [0.05, 0.1) is 12.2 Å². The van der Waals surface area contributed by atoms with Gasteiger partial charge in [-0.05, 0) is 37.5 Å². The van der Waals surface area contributed by atoms with Crippen LogP contribution in [0.5, 0.6) is 5.75 Å². The summed E-state index contributed by atoms with van der Waals surface area (Å²) in [5.41, 5.74) is 7.82. The number of nitrogens with two attached hydrogens (primary N) is 1. The third-order valence-corrected chi connectivity index (χ3v) is 5.42. The van der Waals surface area contributed by atoms with Crippen LogP contribution in [0.1, 0.15) is 51.6 Å². The molecule has 8 heteroatoms. The molecular formula is C20H27N5O2S. The zero-order valence-corrected chi connectivity index (χ0v) is 17.4. The number of rotatable bonds is 9. The van der Waals surface area contributed by atoms with Crippen LogP contribution in [-0.4, -0.2) is 33.0 Å². The fraction of sp³-hybridized carbons (Fsp3) is 0.450. The van der Waals surface area contributed by atoms with Crippen molar-refractivity contribution in [2.75, 3.05) is 17.7 Å². The highest BCUT2D eigenvalue weighted by Crippen LogP contribution is 2.36. The lowest BCUT2D eigenvalue weighted by molar-refractivity contribution is -0.115. The second kappa shape index (κ2) is 9.14. The fourth-order valence-corrected chi connectivity index (χ4v) is 4.01. The summed E-state index contributed by atoms with van der Waals surface area (Å²) in [4.78, 5) is 16.8. The van der Waals surface area contributed by atoms with E-state index in [1.165, 1.54) is 0 Å². The van der Waals surface area contributed by atoms with E-state index in [1.807, 2.05) is 31.2 Å². The first kappa shape index (κ1) is 20.3. The van der Waals surface area contributed by atoms with Crippen molar-refractivity contribution in [3.8, 4) is 5.75 Å². The molecule has 0 radical (unpaired) electrons. The number of nitrogens with zero attached hydrogens (tertiary/aromatic N) is 3. The lowest BCUT2D eigenvalue weighted by Gasteiger charge is -2.27. The van der Waals surface area contributed by atoms with E-state index in [0.29, 0.717) is 29.0 Å². The second-order valence-electron chi connectivity index (χ2n) is 6.71. The van der Waals surface area contributed by atoms with Gasteiger partial charge in [0, 0.05) is 11.4 Å². The standard InChI is InChI=1S/C20H27N5O2S/c1-4-6-12-28-20-23-19-22-13(3)16(18(21)26)17(25(19)24-20)14-7-9-15(10-8-14)27-11-5-2/h7-10,17H,4-6,11-12H2,1-3H3,(H2,21,26)(H,22,23,24). The maximum Gasteiger partial charge on any atom is 0.248 e. The molecule has 1 aliphatic rings. The zero-order chi connectivity index (χ0) is 20.1. The molecule has 1 aromatic carbocycles. The molecule has 0 aliphatic carbocycles. The van der Waals surface area contributed by atoms with Crippen molar-refractivity contribution in [3.63, 3.8) is 0 Å². The van der Waals surface area contributed by atoms with Gasteiger partial charge in [-0.15, -0.1) is 5.10 Å². The summed E-state index contributed by atoms with van der Waals surface area (Å²) in [5, 5.41) is 8.52. The van der Waals surface area contributed by atoms with Gasteiger partial charge >= 0.3 is 0 Å². The number of aromatic nitrogens is 3. The zero-order valence-electron chi connectivity index (χ0n) is 16.6. The highest BCUT2D eigenvalue weighted by atomic mass is 32.2. The number of carbonyl (C=O) groups excluding carboxylic acids is 1. The number of primary amides is 1. The Kier molecular flexibility index (Phi) is 6.61. The van der Waals surface area contributed by atoms with E-state index in [2.05, 4.69) is 29.2 Å². The number of unbranched alkanes of at least 4 members (excludes halogenated alkanes) is 1. The second-order valence-corrected chi connectivity index (χ2v) is 7.77. The maximum atomic E-state index is 12.2. The molecule has 3 rings (SSSR count). The summed E-state index contributed by atoms with van der Waals surface area (Å²) >= 11 is 1.62. The lowest BCUT2D eigenvalue weighted by Crippen LogP contribution is -2.31. The van der Waals surface area contributed by atoms with Crippen LogP contribution in [-0.2, 0) is 4.79 Å². The summed E-state index contributed by atoms with van der Waals surface area (Å²) < 4.78 is 7.42. The van der Waals surface area contributed by atoms with Crippen molar-refractivity contribution >= 4 is 23.6 Å². The average Bonchev–Trinajstić information content (AvgIpc) is 3.08. The van der Waals surface area contributed by atoms with Crippen LogP contribution in [0, 0.1) is 0 Å². The van der Waals surface area contributed by atoms with E-state index in [4.69, 9.17) is 10.5 Å². The smallest absolute Gasteiger partial charge is 0.248 e. The maximum absolute atomic E-state index is 12.2. The summed E-state index contributed by atoms with van der Waals surface area (Å²) in [6.45, 7) is 6.74. The molecule has 1 atom stereocenters. The van der Waals surface area contributed by atoms with Gasteiger partial charge in [0.15, 0.2) is 0 Å². The number of allylic oxidation sites excluding steroid dienone is 1. The van der Waals surface area contributed by atoms with Gasteiger partial charge in [-0.1, -0.05) is 44.2 Å². The number of hydrogen-bond donors (Lipinski definition) is 2. The molecule has 1 unspecified atom stereocenters. The normalized spacial score (nSPS) is 15.9. The monoisotopic (exact) mass is 401 g/mol. The van der Waals surface area contributed by atoms with E-state index in [9.17, 15) is 4.79 Å². The molecule has 3 N–H and O–H groups in total. The Hall–Kier alpha value is -2.48. The minimum absolute atomic E-state index is 0.415. The molecule has 0 spiro atoms. The van der Waals surface area contributed by atoms with Crippen molar-refractivity contribution in [3.05, 3.63) is 41.1 Å². The van der Waals surface area contributed by atoms with E-state index in [-0.39, 0.29) is 0 Å². The van der Waals surface area contributed by atoms with E-state index in [1.54, 1.807) is 16.4 Å². The lowest BCUT2D eigenvalue weighted by atomic mass is 9.95.